The Bertz CT molecular complexity index is 1370. The van der Waals surface area contributed by atoms with E-state index in [2.05, 4.69) is 21.3 Å². The fourth-order valence-electron chi connectivity index (χ4n) is 4.65. The lowest BCUT2D eigenvalue weighted by Gasteiger charge is -2.28. The molecule has 5 rings (SSSR count). The summed E-state index contributed by atoms with van der Waals surface area (Å²) in [5, 5.41) is 29.3. The van der Waals surface area contributed by atoms with Crippen LogP contribution in [0.2, 0.25) is 0 Å². The van der Waals surface area contributed by atoms with Crippen molar-refractivity contribution in [2.24, 2.45) is 0 Å². The van der Waals surface area contributed by atoms with Crippen LogP contribution in [0.5, 0.6) is 5.88 Å². The van der Waals surface area contributed by atoms with Gasteiger partial charge in [-0.25, -0.2) is 8.91 Å². The molecule has 8 nitrogen and oxygen atoms in total. The number of fused-ring (bicyclic) bond motifs is 1. The second-order valence-electron chi connectivity index (χ2n) is 8.71. The van der Waals surface area contributed by atoms with Crippen molar-refractivity contribution in [3.8, 4) is 23.1 Å². The van der Waals surface area contributed by atoms with Gasteiger partial charge in [0.25, 0.3) is 5.88 Å². The third-order valence-corrected chi connectivity index (χ3v) is 6.53. The lowest BCUT2D eigenvalue weighted by atomic mass is 9.92. The standard InChI is InChI=1S/C25H25FN6O2/c1-15-20(13-29-32(15)23-5-3-4-6-24(23)33)17-7-10-22-19(11-27)25(30-31(22)14-17)34-16(2)21-9-8-18(26)12-28-21/h7-10,12-14,16,23-24,33H,3-6H2,1-2H3/t16-,23?,24?/m1/s1. The molecule has 0 bridgehead atoms. The van der Waals surface area contributed by atoms with Crippen LogP contribution in [0.3, 0.4) is 0 Å². The highest BCUT2D eigenvalue weighted by atomic mass is 19.1. The number of hydrogen-bond acceptors (Lipinski definition) is 6. The van der Waals surface area contributed by atoms with E-state index in [1.54, 1.807) is 17.5 Å². The lowest BCUT2D eigenvalue weighted by Crippen LogP contribution is -2.28. The molecule has 4 aromatic rings. The molecular formula is C25H25FN6O2. The number of hydrogen-bond donors (Lipinski definition) is 1. The number of nitriles is 1. The fraction of sp³-hybridized carbons (Fsp3) is 0.360. The number of aromatic nitrogens is 5. The van der Waals surface area contributed by atoms with E-state index < -0.39 is 11.9 Å². The normalized spacial score (nSPS) is 19.1. The average molecular weight is 461 g/mol. The first-order valence-electron chi connectivity index (χ1n) is 11.4. The number of aliphatic hydroxyl groups is 1. The molecule has 3 atom stereocenters. The van der Waals surface area contributed by atoms with Crippen LogP contribution in [0.1, 0.15) is 61.7 Å². The van der Waals surface area contributed by atoms with Gasteiger partial charge in [-0.1, -0.05) is 18.9 Å². The smallest absolute Gasteiger partial charge is 0.252 e. The Labute approximate surface area is 196 Å². The zero-order valence-electron chi connectivity index (χ0n) is 19.0. The quantitative estimate of drug-likeness (QED) is 0.470. The van der Waals surface area contributed by atoms with Crippen molar-refractivity contribution in [3.05, 3.63) is 65.6 Å². The molecule has 1 N–H and O–H groups in total. The van der Waals surface area contributed by atoms with Crippen LogP contribution in [0.25, 0.3) is 16.6 Å². The Kier molecular flexibility index (Phi) is 5.75. The number of rotatable bonds is 5. The summed E-state index contributed by atoms with van der Waals surface area (Å²) in [7, 11) is 0. The molecule has 0 spiro atoms. The maximum absolute atomic E-state index is 13.2. The number of halogens is 1. The first kappa shape index (κ1) is 22.0. The summed E-state index contributed by atoms with van der Waals surface area (Å²) in [5.74, 6) is -0.235. The van der Waals surface area contributed by atoms with E-state index in [-0.39, 0.29) is 18.0 Å². The summed E-state index contributed by atoms with van der Waals surface area (Å²) in [6.07, 6.45) is 7.72. The van der Waals surface area contributed by atoms with Crippen molar-refractivity contribution < 1.29 is 14.2 Å². The predicted octanol–water partition coefficient (Wildman–Crippen LogP) is 4.53. The molecule has 0 aromatic carbocycles. The van der Waals surface area contributed by atoms with E-state index in [1.165, 1.54) is 6.07 Å². The average Bonchev–Trinajstić information content (AvgIpc) is 3.38. The number of aliphatic hydroxyl groups excluding tert-OH is 1. The summed E-state index contributed by atoms with van der Waals surface area (Å²) in [4.78, 5) is 4.05. The second-order valence-corrected chi connectivity index (χ2v) is 8.71. The van der Waals surface area contributed by atoms with Gasteiger partial charge >= 0.3 is 0 Å². The minimum atomic E-state index is -0.514. The van der Waals surface area contributed by atoms with Crippen LogP contribution in [0.15, 0.2) is 42.9 Å². The van der Waals surface area contributed by atoms with Crippen LogP contribution < -0.4 is 4.74 Å². The van der Waals surface area contributed by atoms with Gasteiger partial charge in [0, 0.05) is 23.0 Å². The van der Waals surface area contributed by atoms with E-state index in [9.17, 15) is 14.8 Å². The van der Waals surface area contributed by atoms with E-state index in [0.29, 0.717) is 16.8 Å². The van der Waals surface area contributed by atoms with Crippen molar-refractivity contribution >= 4 is 5.52 Å². The lowest BCUT2D eigenvalue weighted by molar-refractivity contribution is 0.0684. The molecule has 34 heavy (non-hydrogen) atoms. The molecule has 2 unspecified atom stereocenters. The van der Waals surface area contributed by atoms with E-state index in [0.717, 1.165) is 48.7 Å². The molecule has 1 aliphatic rings. The van der Waals surface area contributed by atoms with Crippen LogP contribution in [-0.4, -0.2) is 35.6 Å². The minimum Gasteiger partial charge on any atom is -0.466 e. The molecule has 1 aliphatic carbocycles. The Morgan fingerprint density at radius 1 is 1.21 bits per heavy atom. The highest BCUT2D eigenvalue weighted by Gasteiger charge is 2.27. The van der Waals surface area contributed by atoms with Crippen molar-refractivity contribution in [1.29, 1.82) is 5.26 Å². The molecule has 0 aliphatic heterocycles. The maximum atomic E-state index is 13.2. The molecule has 1 fully saturated rings. The van der Waals surface area contributed by atoms with E-state index >= 15 is 0 Å². The Balaban J connectivity index is 1.46. The van der Waals surface area contributed by atoms with Gasteiger partial charge < -0.3 is 9.84 Å². The van der Waals surface area contributed by atoms with Gasteiger partial charge in [0.2, 0.25) is 0 Å². The molecule has 4 heterocycles. The Morgan fingerprint density at radius 3 is 2.76 bits per heavy atom. The van der Waals surface area contributed by atoms with Gasteiger partial charge in [-0.05, 0) is 44.9 Å². The SMILES string of the molecule is Cc1c(-c2ccc3c(C#N)c(O[C@H](C)c4ccc(F)cn4)nn3c2)cnn1C1CCCCC1O. The van der Waals surface area contributed by atoms with Crippen molar-refractivity contribution in [3.63, 3.8) is 0 Å². The highest BCUT2D eigenvalue weighted by molar-refractivity contribution is 5.71. The van der Waals surface area contributed by atoms with Gasteiger partial charge in [-0.2, -0.15) is 10.4 Å². The Morgan fingerprint density at radius 2 is 2.03 bits per heavy atom. The molecule has 9 heteroatoms. The Hall–Kier alpha value is -3.77. The first-order chi connectivity index (χ1) is 16.5. The van der Waals surface area contributed by atoms with Crippen LogP contribution in [0.4, 0.5) is 4.39 Å². The summed E-state index contributed by atoms with van der Waals surface area (Å²) in [6.45, 7) is 3.78. The predicted molar refractivity (Wildman–Crippen MR) is 123 cm³/mol. The summed E-state index contributed by atoms with van der Waals surface area (Å²) >= 11 is 0. The van der Waals surface area contributed by atoms with Crippen LogP contribution in [-0.2, 0) is 0 Å². The molecule has 0 radical (unpaired) electrons. The minimum absolute atomic E-state index is 0.0114. The highest BCUT2D eigenvalue weighted by Crippen LogP contribution is 2.33. The zero-order chi connectivity index (χ0) is 23.8. The second kappa shape index (κ2) is 8.88. The maximum Gasteiger partial charge on any atom is 0.252 e. The third kappa shape index (κ3) is 3.90. The van der Waals surface area contributed by atoms with Crippen molar-refractivity contribution in [2.45, 2.75) is 57.8 Å². The van der Waals surface area contributed by atoms with Crippen LogP contribution in [0, 0.1) is 24.1 Å². The van der Waals surface area contributed by atoms with Gasteiger partial charge in [0.1, 0.15) is 23.6 Å². The summed E-state index contributed by atoms with van der Waals surface area (Å²) in [6, 6.07) is 8.79. The largest absolute Gasteiger partial charge is 0.466 e. The van der Waals surface area contributed by atoms with Crippen molar-refractivity contribution in [1.82, 2.24) is 24.4 Å². The third-order valence-electron chi connectivity index (χ3n) is 6.53. The van der Waals surface area contributed by atoms with Crippen molar-refractivity contribution in [2.75, 3.05) is 0 Å². The topological polar surface area (TPSA) is 101 Å². The zero-order valence-corrected chi connectivity index (χ0v) is 19.0. The number of ether oxygens (including phenoxy) is 1. The fourth-order valence-corrected chi connectivity index (χ4v) is 4.65. The molecule has 4 aromatic heterocycles. The van der Waals surface area contributed by atoms with Gasteiger partial charge in [-0.15, -0.1) is 5.10 Å². The number of nitrogens with zero attached hydrogens (tertiary/aromatic N) is 6. The van der Waals surface area contributed by atoms with Crippen LogP contribution >= 0.6 is 0 Å². The molecule has 0 amide bonds. The summed E-state index contributed by atoms with van der Waals surface area (Å²) in [5.41, 5.74) is 4.29. The summed E-state index contributed by atoms with van der Waals surface area (Å²) < 4.78 is 22.7. The molecule has 1 saturated carbocycles. The molecule has 174 valence electrons. The van der Waals surface area contributed by atoms with Gasteiger partial charge in [0.05, 0.1) is 35.8 Å². The first-order valence-corrected chi connectivity index (χ1v) is 11.4. The number of pyridine rings is 2. The molecule has 0 saturated heterocycles. The van der Waals surface area contributed by atoms with E-state index in [4.69, 9.17) is 4.74 Å². The van der Waals surface area contributed by atoms with Gasteiger partial charge in [0.15, 0.2) is 0 Å². The molecular weight excluding hydrogens is 435 g/mol. The van der Waals surface area contributed by atoms with E-state index in [1.807, 2.05) is 36.1 Å². The monoisotopic (exact) mass is 460 g/mol. The van der Waals surface area contributed by atoms with Gasteiger partial charge in [-0.3, -0.25) is 9.67 Å².